The molecule has 6 N–H and O–H groups in total. The van der Waals surface area contributed by atoms with Crippen molar-refractivity contribution in [3.05, 3.63) is 119 Å². The molecule has 2 unspecified atom stereocenters. The van der Waals surface area contributed by atoms with Crippen LogP contribution >= 0.6 is 0 Å². The van der Waals surface area contributed by atoms with Crippen LogP contribution in [0.1, 0.15) is 58.9 Å². The lowest BCUT2D eigenvalue weighted by atomic mass is 9.68. The van der Waals surface area contributed by atoms with E-state index in [1.54, 1.807) is 12.1 Å². The molecule has 0 fully saturated rings. The van der Waals surface area contributed by atoms with Crippen molar-refractivity contribution in [1.82, 2.24) is 0 Å². The number of amidine groups is 1. The number of carboxylic acid groups (broad SMARTS) is 1. The number of carboxylic acids is 1. The number of amides is 1. The second-order valence-corrected chi connectivity index (χ2v) is 10.1. The van der Waals surface area contributed by atoms with Crippen molar-refractivity contribution in [3.63, 3.8) is 0 Å². The number of anilines is 2. The predicted molar refractivity (Wildman–Crippen MR) is 154 cm³/mol. The van der Waals surface area contributed by atoms with Crippen LogP contribution in [0.2, 0.25) is 0 Å². The molecule has 2 atom stereocenters. The molecule has 0 saturated carbocycles. The molecular formula is C32H30N4O3. The number of rotatable bonds is 6. The Labute approximate surface area is 227 Å². The molecule has 1 aliphatic rings. The van der Waals surface area contributed by atoms with Crippen molar-refractivity contribution in [2.75, 3.05) is 10.6 Å². The van der Waals surface area contributed by atoms with E-state index < -0.39 is 5.97 Å². The third-order valence-electron chi connectivity index (χ3n) is 7.45. The molecule has 5 rings (SSSR count). The molecule has 196 valence electrons. The molecule has 4 aromatic carbocycles. The maximum atomic E-state index is 12.1. The first-order valence-electron chi connectivity index (χ1n) is 12.7. The van der Waals surface area contributed by atoms with Crippen molar-refractivity contribution in [1.29, 1.82) is 5.41 Å². The summed E-state index contributed by atoms with van der Waals surface area (Å²) in [6, 6.07) is 28.9. The van der Waals surface area contributed by atoms with Gasteiger partial charge >= 0.3 is 5.97 Å². The van der Waals surface area contributed by atoms with Gasteiger partial charge in [0.2, 0.25) is 5.91 Å². The van der Waals surface area contributed by atoms with E-state index >= 15 is 0 Å². The minimum atomic E-state index is -1.06. The lowest BCUT2D eigenvalue weighted by Crippen LogP contribution is -2.35. The summed E-state index contributed by atoms with van der Waals surface area (Å²) < 4.78 is 0. The summed E-state index contributed by atoms with van der Waals surface area (Å²) in [7, 11) is 0. The SMILES string of the molecule is CC(=O)Nc1ccc(-c2cccc(C3CC(C)(c4ccccc4)c4cc(C(=N)N)ccc4N3)c2)c(C(=O)O)c1. The van der Waals surface area contributed by atoms with Crippen LogP contribution < -0.4 is 16.4 Å². The van der Waals surface area contributed by atoms with Crippen LogP contribution in [-0.4, -0.2) is 22.8 Å². The number of nitrogen functional groups attached to an aromatic ring is 1. The molecule has 0 radical (unpaired) electrons. The molecule has 0 saturated heterocycles. The van der Waals surface area contributed by atoms with Crippen LogP contribution in [0.3, 0.4) is 0 Å². The molecule has 1 heterocycles. The van der Waals surface area contributed by atoms with Crippen molar-refractivity contribution in [2.24, 2.45) is 5.73 Å². The lowest BCUT2D eigenvalue weighted by molar-refractivity contribution is -0.114. The van der Waals surface area contributed by atoms with E-state index in [9.17, 15) is 14.7 Å². The highest BCUT2D eigenvalue weighted by molar-refractivity contribution is 5.99. The van der Waals surface area contributed by atoms with Crippen molar-refractivity contribution >= 4 is 29.1 Å². The van der Waals surface area contributed by atoms with Gasteiger partial charge in [0.1, 0.15) is 5.84 Å². The number of aromatic carboxylic acids is 1. The van der Waals surface area contributed by atoms with E-state index in [-0.39, 0.29) is 28.8 Å². The third kappa shape index (κ3) is 4.99. The lowest BCUT2D eigenvalue weighted by Gasteiger charge is -2.42. The molecule has 0 aromatic heterocycles. The summed E-state index contributed by atoms with van der Waals surface area (Å²) >= 11 is 0. The fraction of sp³-hybridized carbons (Fsp3) is 0.156. The van der Waals surface area contributed by atoms with E-state index in [0.717, 1.165) is 34.4 Å². The molecule has 1 amide bonds. The van der Waals surface area contributed by atoms with Gasteiger partial charge in [-0.05, 0) is 70.6 Å². The fourth-order valence-corrected chi connectivity index (χ4v) is 5.51. The minimum absolute atomic E-state index is 0.0294. The summed E-state index contributed by atoms with van der Waals surface area (Å²) in [6.45, 7) is 3.60. The largest absolute Gasteiger partial charge is 0.478 e. The number of fused-ring (bicyclic) bond motifs is 1. The monoisotopic (exact) mass is 518 g/mol. The predicted octanol–water partition coefficient (Wildman–Crippen LogP) is 6.16. The maximum Gasteiger partial charge on any atom is 0.336 e. The molecular weight excluding hydrogens is 488 g/mol. The first kappa shape index (κ1) is 25.7. The molecule has 1 aliphatic heterocycles. The van der Waals surface area contributed by atoms with Crippen LogP contribution in [0.25, 0.3) is 11.1 Å². The Balaban J connectivity index is 1.58. The molecule has 4 aromatic rings. The van der Waals surface area contributed by atoms with E-state index in [4.69, 9.17) is 11.1 Å². The molecule has 7 nitrogen and oxygen atoms in total. The van der Waals surface area contributed by atoms with E-state index in [1.165, 1.54) is 13.0 Å². The topological polar surface area (TPSA) is 128 Å². The second-order valence-electron chi connectivity index (χ2n) is 10.1. The zero-order valence-corrected chi connectivity index (χ0v) is 21.8. The van der Waals surface area contributed by atoms with Gasteiger partial charge in [0.25, 0.3) is 0 Å². The number of hydrogen-bond donors (Lipinski definition) is 5. The van der Waals surface area contributed by atoms with Crippen LogP contribution in [0.5, 0.6) is 0 Å². The summed E-state index contributed by atoms with van der Waals surface area (Å²) in [5.41, 5.74) is 12.3. The molecule has 0 spiro atoms. The Morgan fingerprint density at radius 2 is 1.77 bits per heavy atom. The fourth-order valence-electron chi connectivity index (χ4n) is 5.51. The summed E-state index contributed by atoms with van der Waals surface area (Å²) in [4.78, 5) is 23.6. The minimum Gasteiger partial charge on any atom is -0.478 e. The summed E-state index contributed by atoms with van der Waals surface area (Å²) in [6.07, 6.45) is 0.738. The van der Waals surface area contributed by atoms with Crippen LogP contribution in [-0.2, 0) is 10.2 Å². The van der Waals surface area contributed by atoms with Gasteiger partial charge in [-0.25, -0.2) is 4.79 Å². The highest BCUT2D eigenvalue weighted by Gasteiger charge is 2.39. The first-order chi connectivity index (χ1) is 18.7. The Hall–Kier alpha value is -4.91. The third-order valence-corrected chi connectivity index (χ3v) is 7.45. The van der Waals surface area contributed by atoms with Gasteiger partial charge in [0.05, 0.1) is 11.6 Å². The molecule has 0 aliphatic carbocycles. The second kappa shape index (κ2) is 10.1. The van der Waals surface area contributed by atoms with E-state index in [1.807, 2.05) is 60.7 Å². The number of nitrogens with one attached hydrogen (secondary N) is 3. The van der Waals surface area contributed by atoms with Gasteiger partial charge in [-0.1, -0.05) is 61.5 Å². The number of benzene rings is 4. The Morgan fingerprint density at radius 1 is 1.00 bits per heavy atom. The van der Waals surface area contributed by atoms with Gasteiger partial charge in [0, 0.05) is 29.3 Å². The summed E-state index contributed by atoms with van der Waals surface area (Å²) in [5, 5.41) is 24.2. The zero-order valence-electron chi connectivity index (χ0n) is 21.8. The van der Waals surface area contributed by atoms with E-state index in [0.29, 0.717) is 16.8 Å². The first-order valence-corrected chi connectivity index (χ1v) is 12.7. The van der Waals surface area contributed by atoms with Crippen molar-refractivity contribution in [3.8, 4) is 11.1 Å². The Morgan fingerprint density at radius 3 is 2.46 bits per heavy atom. The maximum absolute atomic E-state index is 12.1. The van der Waals surface area contributed by atoms with E-state index in [2.05, 4.69) is 29.7 Å². The number of carbonyl (C=O) groups is 2. The molecule has 7 heteroatoms. The van der Waals surface area contributed by atoms with Gasteiger partial charge in [0.15, 0.2) is 0 Å². The smallest absolute Gasteiger partial charge is 0.336 e. The highest BCUT2D eigenvalue weighted by atomic mass is 16.4. The van der Waals surface area contributed by atoms with Crippen LogP contribution in [0.4, 0.5) is 11.4 Å². The Bertz CT molecular complexity index is 1600. The van der Waals surface area contributed by atoms with Crippen molar-refractivity contribution < 1.29 is 14.7 Å². The molecule has 0 bridgehead atoms. The van der Waals surface area contributed by atoms with Crippen LogP contribution in [0, 0.1) is 5.41 Å². The zero-order chi connectivity index (χ0) is 27.7. The number of nitrogens with two attached hydrogens (primary N) is 1. The quantitative estimate of drug-likeness (QED) is 0.154. The van der Waals surface area contributed by atoms with Gasteiger partial charge < -0.3 is 21.5 Å². The number of hydrogen-bond acceptors (Lipinski definition) is 4. The highest BCUT2D eigenvalue weighted by Crippen LogP contribution is 2.48. The summed E-state index contributed by atoms with van der Waals surface area (Å²) in [5.74, 6) is -1.30. The standard InChI is InChI=1S/C32H30N4O3/c1-19(37)35-24-12-13-25(26(17-24)31(38)39)20-7-6-8-21(15-20)29-18-32(2,23-9-4-3-5-10-23)27-16-22(30(33)34)11-14-28(27)36-29/h3-17,29,36H,18H2,1-2H3,(H3,33,34)(H,35,37)(H,38,39). The Kier molecular flexibility index (Phi) is 6.66. The average Bonchev–Trinajstić information content (AvgIpc) is 2.93. The average molecular weight is 519 g/mol. The van der Waals surface area contributed by atoms with Crippen LogP contribution in [0.15, 0.2) is 91.0 Å². The van der Waals surface area contributed by atoms with Gasteiger partial charge in [-0.2, -0.15) is 0 Å². The van der Waals surface area contributed by atoms with Crippen molar-refractivity contribution in [2.45, 2.75) is 31.7 Å². The normalized spacial score (nSPS) is 17.9. The molecule has 39 heavy (non-hydrogen) atoms. The van der Waals surface area contributed by atoms with Gasteiger partial charge in [-0.3, -0.25) is 10.2 Å². The number of carbonyl (C=O) groups excluding carboxylic acids is 1. The van der Waals surface area contributed by atoms with Gasteiger partial charge in [-0.15, -0.1) is 0 Å².